The third-order valence-corrected chi connectivity index (χ3v) is 4.51. The van der Waals surface area contributed by atoms with Gasteiger partial charge in [-0.25, -0.2) is 4.98 Å². The highest BCUT2D eigenvalue weighted by molar-refractivity contribution is 5.56. The summed E-state index contributed by atoms with van der Waals surface area (Å²) < 4.78 is 2.32. The lowest BCUT2D eigenvalue weighted by Gasteiger charge is -2.30. The first kappa shape index (κ1) is 14.3. The van der Waals surface area contributed by atoms with Crippen LogP contribution in [0.2, 0.25) is 0 Å². The van der Waals surface area contributed by atoms with Gasteiger partial charge in [0.15, 0.2) is 0 Å². The standard InChI is InChI=1S/C18H25N3/c1-3-15-6-8-17(9-7-15)18-19-10-12-21(18)14-16-5-4-11-20(2)13-16/h6-10,12,16H,3-5,11,13-14H2,1-2H3/t16-/m0/s1. The van der Waals surface area contributed by atoms with E-state index in [1.165, 1.54) is 37.1 Å². The second-order valence-corrected chi connectivity index (χ2v) is 6.22. The Kier molecular flexibility index (Phi) is 4.39. The molecule has 1 aromatic heterocycles. The van der Waals surface area contributed by atoms with Gasteiger partial charge in [-0.3, -0.25) is 0 Å². The molecule has 3 heteroatoms. The van der Waals surface area contributed by atoms with Gasteiger partial charge in [-0.05, 0) is 44.3 Å². The predicted molar refractivity (Wildman–Crippen MR) is 87.3 cm³/mol. The minimum absolute atomic E-state index is 0.742. The fourth-order valence-electron chi connectivity index (χ4n) is 3.31. The van der Waals surface area contributed by atoms with E-state index in [1.54, 1.807) is 0 Å². The summed E-state index contributed by atoms with van der Waals surface area (Å²) in [6.07, 6.45) is 7.78. The quantitative estimate of drug-likeness (QED) is 0.857. The van der Waals surface area contributed by atoms with Crippen LogP contribution in [-0.2, 0) is 13.0 Å². The van der Waals surface area contributed by atoms with Crippen LogP contribution in [0.1, 0.15) is 25.3 Å². The van der Waals surface area contributed by atoms with Crippen LogP contribution in [-0.4, -0.2) is 34.6 Å². The van der Waals surface area contributed by atoms with Crippen molar-refractivity contribution in [2.24, 2.45) is 5.92 Å². The van der Waals surface area contributed by atoms with Crippen molar-refractivity contribution in [3.63, 3.8) is 0 Å². The maximum absolute atomic E-state index is 4.58. The maximum atomic E-state index is 4.58. The van der Waals surface area contributed by atoms with Crippen LogP contribution in [0, 0.1) is 5.92 Å². The Balaban J connectivity index is 1.76. The molecule has 1 fully saturated rings. The molecule has 0 bridgehead atoms. The van der Waals surface area contributed by atoms with Crippen LogP contribution in [0.4, 0.5) is 0 Å². The molecule has 0 N–H and O–H groups in total. The molecule has 1 aliphatic rings. The van der Waals surface area contributed by atoms with E-state index >= 15 is 0 Å². The van der Waals surface area contributed by atoms with Crippen molar-refractivity contribution in [1.29, 1.82) is 0 Å². The molecule has 0 unspecified atom stereocenters. The summed E-state index contributed by atoms with van der Waals surface area (Å²) >= 11 is 0. The summed E-state index contributed by atoms with van der Waals surface area (Å²) in [5.74, 6) is 1.84. The zero-order valence-electron chi connectivity index (χ0n) is 13.1. The summed E-state index contributed by atoms with van der Waals surface area (Å²) in [5, 5.41) is 0. The fraction of sp³-hybridized carbons (Fsp3) is 0.500. The van der Waals surface area contributed by atoms with Gasteiger partial charge in [-0.1, -0.05) is 31.2 Å². The number of likely N-dealkylation sites (tertiary alicyclic amines) is 1. The molecule has 0 saturated carbocycles. The summed E-state index contributed by atoms with van der Waals surface area (Å²) in [6, 6.07) is 8.82. The van der Waals surface area contributed by atoms with E-state index in [4.69, 9.17) is 0 Å². The number of nitrogens with zero attached hydrogens (tertiary/aromatic N) is 3. The lowest BCUT2D eigenvalue weighted by molar-refractivity contribution is 0.195. The van der Waals surface area contributed by atoms with Gasteiger partial charge in [0.25, 0.3) is 0 Å². The Morgan fingerprint density at radius 3 is 2.76 bits per heavy atom. The van der Waals surface area contributed by atoms with Crippen LogP contribution >= 0.6 is 0 Å². The minimum atomic E-state index is 0.742. The first-order chi connectivity index (χ1) is 10.3. The van der Waals surface area contributed by atoms with E-state index in [2.05, 4.69) is 58.9 Å². The number of hydrogen-bond acceptors (Lipinski definition) is 2. The van der Waals surface area contributed by atoms with E-state index in [0.717, 1.165) is 24.7 Å². The predicted octanol–water partition coefficient (Wildman–Crippen LogP) is 3.45. The Bertz CT molecular complexity index is 570. The van der Waals surface area contributed by atoms with Gasteiger partial charge < -0.3 is 9.47 Å². The molecule has 3 nitrogen and oxygen atoms in total. The first-order valence-electron chi connectivity index (χ1n) is 8.05. The molecule has 2 aromatic rings. The van der Waals surface area contributed by atoms with Gasteiger partial charge in [0.2, 0.25) is 0 Å². The van der Waals surface area contributed by atoms with E-state index in [0.29, 0.717) is 0 Å². The van der Waals surface area contributed by atoms with Crippen LogP contribution < -0.4 is 0 Å². The zero-order valence-corrected chi connectivity index (χ0v) is 13.1. The molecular weight excluding hydrogens is 258 g/mol. The fourth-order valence-corrected chi connectivity index (χ4v) is 3.31. The van der Waals surface area contributed by atoms with Crippen molar-refractivity contribution in [3.8, 4) is 11.4 Å². The van der Waals surface area contributed by atoms with E-state index in [-0.39, 0.29) is 0 Å². The average molecular weight is 283 g/mol. The number of imidazole rings is 1. The van der Waals surface area contributed by atoms with Crippen molar-refractivity contribution in [3.05, 3.63) is 42.2 Å². The largest absolute Gasteiger partial charge is 0.331 e. The molecular formula is C18H25N3. The van der Waals surface area contributed by atoms with Gasteiger partial charge in [0, 0.05) is 31.0 Å². The second-order valence-electron chi connectivity index (χ2n) is 6.22. The smallest absolute Gasteiger partial charge is 0.139 e. The van der Waals surface area contributed by atoms with Crippen LogP contribution in [0.15, 0.2) is 36.7 Å². The van der Waals surface area contributed by atoms with Crippen molar-refractivity contribution in [1.82, 2.24) is 14.5 Å². The molecule has 112 valence electrons. The Hall–Kier alpha value is -1.61. The number of aryl methyl sites for hydroxylation is 1. The van der Waals surface area contributed by atoms with Crippen molar-refractivity contribution in [2.75, 3.05) is 20.1 Å². The molecule has 0 spiro atoms. The number of aromatic nitrogens is 2. The molecule has 0 aliphatic carbocycles. The first-order valence-corrected chi connectivity index (χ1v) is 8.05. The number of piperidine rings is 1. The molecule has 1 atom stereocenters. The van der Waals surface area contributed by atoms with E-state index in [9.17, 15) is 0 Å². The van der Waals surface area contributed by atoms with Crippen LogP contribution in [0.3, 0.4) is 0 Å². The van der Waals surface area contributed by atoms with Gasteiger partial charge >= 0.3 is 0 Å². The molecule has 21 heavy (non-hydrogen) atoms. The lowest BCUT2D eigenvalue weighted by atomic mass is 9.98. The van der Waals surface area contributed by atoms with Crippen LogP contribution in [0.25, 0.3) is 11.4 Å². The maximum Gasteiger partial charge on any atom is 0.139 e. The molecule has 1 aromatic carbocycles. The topological polar surface area (TPSA) is 21.1 Å². The Morgan fingerprint density at radius 2 is 2.05 bits per heavy atom. The molecule has 1 aliphatic heterocycles. The second kappa shape index (κ2) is 6.44. The number of hydrogen-bond donors (Lipinski definition) is 0. The summed E-state index contributed by atoms with van der Waals surface area (Å²) in [6.45, 7) is 5.71. The van der Waals surface area contributed by atoms with Gasteiger partial charge in [-0.15, -0.1) is 0 Å². The Morgan fingerprint density at radius 1 is 1.24 bits per heavy atom. The van der Waals surface area contributed by atoms with E-state index in [1.807, 2.05) is 6.20 Å². The Labute approximate surface area is 127 Å². The summed E-state index contributed by atoms with van der Waals surface area (Å²) in [7, 11) is 2.23. The van der Waals surface area contributed by atoms with Crippen LogP contribution in [0.5, 0.6) is 0 Å². The normalized spacial score (nSPS) is 19.8. The summed E-state index contributed by atoms with van der Waals surface area (Å²) in [5.41, 5.74) is 2.60. The number of rotatable bonds is 4. The minimum Gasteiger partial charge on any atom is -0.331 e. The van der Waals surface area contributed by atoms with Crippen molar-refractivity contribution in [2.45, 2.75) is 32.7 Å². The van der Waals surface area contributed by atoms with Crippen molar-refractivity contribution < 1.29 is 0 Å². The summed E-state index contributed by atoms with van der Waals surface area (Å²) in [4.78, 5) is 7.02. The molecule has 1 saturated heterocycles. The highest BCUT2D eigenvalue weighted by Gasteiger charge is 2.18. The molecule has 3 rings (SSSR count). The molecule has 0 amide bonds. The third-order valence-electron chi connectivity index (χ3n) is 4.51. The van der Waals surface area contributed by atoms with Crippen molar-refractivity contribution >= 4 is 0 Å². The molecule has 0 radical (unpaired) electrons. The molecule has 2 heterocycles. The highest BCUT2D eigenvalue weighted by atomic mass is 15.1. The van der Waals surface area contributed by atoms with Gasteiger partial charge in [0.1, 0.15) is 5.82 Å². The highest BCUT2D eigenvalue weighted by Crippen LogP contribution is 2.22. The monoisotopic (exact) mass is 283 g/mol. The van der Waals surface area contributed by atoms with E-state index < -0.39 is 0 Å². The lowest BCUT2D eigenvalue weighted by Crippen LogP contribution is -2.34. The average Bonchev–Trinajstić information content (AvgIpc) is 2.95. The zero-order chi connectivity index (χ0) is 14.7. The SMILES string of the molecule is CCc1ccc(-c2nccn2C[C@H]2CCCN(C)C2)cc1. The number of benzene rings is 1. The van der Waals surface area contributed by atoms with Gasteiger partial charge in [0.05, 0.1) is 0 Å². The third kappa shape index (κ3) is 3.35. The van der Waals surface area contributed by atoms with Gasteiger partial charge in [-0.2, -0.15) is 0 Å².